The summed E-state index contributed by atoms with van der Waals surface area (Å²) in [5, 5.41) is 6.00. The zero-order valence-electron chi connectivity index (χ0n) is 20.5. The Morgan fingerprint density at radius 1 is 0.973 bits per heavy atom. The molecule has 1 aliphatic rings. The monoisotopic (exact) mass is 512 g/mol. The number of halogens is 2. The van der Waals surface area contributed by atoms with E-state index in [2.05, 4.69) is 48.8 Å². The van der Waals surface area contributed by atoms with Crippen LogP contribution in [-0.2, 0) is 0 Å². The molecule has 6 nitrogen and oxygen atoms in total. The van der Waals surface area contributed by atoms with Crippen molar-refractivity contribution >= 4 is 22.6 Å². The largest absolute Gasteiger partial charge is 0.303 e. The number of hydrogen-bond donors (Lipinski definition) is 0. The van der Waals surface area contributed by atoms with Crippen molar-refractivity contribution in [1.82, 2.24) is 29.6 Å². The van der Waals surface area contributed by atoms with Crippen LogP contribution in [0.25, 0.3) is 44.5 Å². The molecule has 0 N–H and O–H groups in total. The Hall–Kier alpha value is -3.68. The van der Waals surface area contributed by atoms with Crippen LogP contribution in [0.15, 0.2) is 73.4 Å². The van der Waals surface area contributed by atoms with Gasteiger partial charge in [0.1, 0.15) is 5.82 Å². The van der Waals surface area contributed by atoms with Crippen molar-refractivity contribution in [2.45, 2.75) is 25.8 Å². The minimum absolute atomic E-state index is 0.334. The predicted octanol–water partition coefficient (Wildman–Crippen LogP) is 6.67. The average molecular weight is 513 g/mol. The number of hydrogen-bond acceptors (Lipinski definition) is 5. The van der Waals surface area contributed by atoms with Gasteiger partial charge in [-0.05, 0) is 67.4 Å². The molecule has 37 heavy (non-hydrogen) atoms. The van der Waals surface area contributed by atoms with Gasteiger partial charge in [-0.1, -0.05) is 18.5 Å². The van der Waals surface area contributed by atoms with Gasteiger partial charge in [-0.3, -0.25) is 9.67 Å². The fraction of sp³-hybridized carbons (Fsp3) is 0.241. The third-order valence-corrected chi connectivity index (χ3v) is 7.39. The summed E-state index contributed by atoms with van der Waals surface area (Å²) in [6.07, 6.45) is 11.6. The smallest absolute Gasteiger partial charge is 0.160 e. The zero-order chi connectivity index (χ0) is 25.4. The third kappa shape index (κ3) is 4.72. The molecular weight excluding hydrogens is 487 g/mol. The average Bonchev–Trinajstić information content (AvgIpc) is 3.44. The van der Waals surface area contributed by atoms with Crippen molar-refractivity contribution in [3.05, 3.63) is 84.3 Å². The van der Waals surface area contributed by atoms with Gasteiger partial charge in [-0.15, -0.1) is 0 Å². The number of fused-ring (bicyclic) bond motifs is 1. The van der Waals surface area contributed by atoms with Gasteiger partial charge >= 0.3 is 0 Å². The summed E-state index contributed by atoms with van der Waals surface area (Å²) >= 11 is 6.17. The second-order valence-corrected chi connectivity index (χ2v) is 9.83. The van der Waals surface area contributed by atoms with Gasteiger partial charge in [0.15, 0.2) is 5.65 Å². The van der Waals surface area contributed by atoms with Crippen molar-refractivity contribution < 1.29 is 4.39 Å². The van der Waals surface area contributed by atoms with Crippen LogP contribution in [0.2, 0.25) is 5.02 Å². The van der Waals surface area contributed by atoms with Crippen LogP contribution in [0.1, 0.15) is 25.8 Å². The number of benzene rings is 1. The lowest BCUT2D eigenvalue weighted by molar-refractivity contribution is 0.187. The van der Waals surface area contributed by atoms with Crippen LogP contribution < -0.4 is 0 Å². The molecule has 0 bridgehead atoms. The maximum atomic E-state index is 14.7. The zero-order valence-corrected chi connectivity index (χ0v) is 21.2. The van der Waals surface area contributed by atoms with E-state index in [1.54, 1.807) is 12.3 Å². The van der Waals surface area contributed by atoms with Crippen LogP contribution >= 0.6 is 11.6 Å². The Balaban J connectivity index is 1.39. The number of piperidine rings is 1. The van der Waals surface area contributed by atoms with Crippen LogP contribution in [0, 0.1) is 5.82 Å². The molecule has 0 aliphatic carbocycles. The quantitative estimate of drug-likeness (QED) is 0.263. The summed E-state index contributed by atoms with van der Waals surface area (Å²) in [6, 6.07) is 12.7. The normalized spacial score (nSPS) is 14.9. The Morgan fingerprint density at radius 2 is 1.81 bits per heavy atom. The summed E-state index contributed by atoms with van der Waals surface area (Å²) in [4.78, 5) is 16.1. The lowest BCUT2D eigenvalue weighted by Gasteiger charge is -2.31. The summed E-state index contributed by atoms with van der Waals surface area (Å²) in [5.74, 6) is -0.387. The Kier molecular flexibility index (Phi) is 6.40. The van der Waals surface area contributed by atoms with E-state index in [-0.39, 0.29) is 5.82 Å². The van der Waals surface area contributed by atoms with Gasteiger partial charge in [0.25, 0.3) is 0 Å². The molecule has 5 heterocycles. The molecule has 1 aromatic carbocycles. The highest BCUT2D eigenvalue weighted by atomic mass is 35.5. The van der Waals surface area contributed by atoms with Crippen LogP contribution in [0.5, 0.6) is 0 Å². The van der Waals surface area contributed by atoms with Crippen molar-refractivity contribution in [1.29, 1.82) is 0 Å². The summed E-state index contributed by atoms with van der Waals surface area (Å²) in [6.45, 7) is 5.52. The van der Waals surface area contributed by atoms with Gasteiger partial charge in [-0.2, -0.15) is 5.10 Å². The number of pyridine rings is 3. The maximum absolute atomic E-state index is 14.7. The molecule has 0 spiro atoms. The predicted molar refractivity (Wildman–Crippen MR) is 145 cm³/mol. The van der Waals surface area contributed by atoms with Crippen LogP contribution in [-0.4, -0.2) is 49.3 Å². The number of aromatic nitrogens is 5. The first-order chi connectivity index (χ1) is 18.1. The second kappa shape index (κ2) is 10.00. The fourth-order valence-electron chi connectivity index (χ4n) is 5.06. The van der Waals surface area contributed by atoms with E-state index in [0.29, 0.717) is 28.0 Å². The number of nitrogens with zero attached hydrogens (tertiary/aromatic N) is 6. The van der Waals surface area contributed by atoms with Crippen molar-refractivity contribution in [3.8, 4) is 33.5 Å². The lowest BCUT2D eigenvalue weighted by atomic mass is 9.99. The van der Waals surface area contributed by atoms with E-state index >= 15 is 0 Å². The van der Waals surface area contributed by atoms with Gasteiger partial charge in [0.05, 0.1) is 17.9 Å². The molecule has 0 saturated carbocycles. The minimum Gasteiger partial charge on any atom is -0.303 e. The Morgan fingerprint density at radius 3 is 2.65 bits per heavy atom. The van der Waals surface area contributed by atoms with E-state index in [9.17, 15) is 4.39 Å². The molecule has 5 aromatic rings. The molecule has 1 fully saturated rings. The van der Waals surface area contributed by atoms with Crippen LogP contribution in [0.3, 0.4) is 0 Å². The van der Waals surface area contributed by atoms with Crippen molar-refractivity contribution in [2.24, 2.45) is 0 Å². The SMILES string of the molecule is CCN1CCC(n2cc(-c3cncc(-c4cc(-c5cc(Cl)ccc5F)nc5ncccc45)c3)cn2)CC1. The van der Waals surface area contributed by atoms with Gasteiger partial charge in [0.2, 0.25) is 0 Å². The molecule has 4 aromatic heterocycles. The molecule has 1 aliphatic heterocycles. The fourth-order valence-corrected chi connectivity index (χ4v) is 5.23. The minimum atomic E-state index is -0.387. The molecule has 8 heteroatoms. The number of likely N-dealkylation sites (tertiary alicyclic amines) is 1. The molecular formula is C29H26ClFN6. The molecule has 0 radical (unpaired) electrons. The van der Waals surface area contributed by atoms with Crippen molar-refractivity contribution in [3.63, 3.8) is 0 Å². The van der Waals surface area contributed by atoms with E-state index in [1.165, 1.54) is 12.1 Å². The summed E-state index contributed by atoms with van der Waals surface area (Å²) in [5.41, 5.74) is 5.10. The molecule has 6 rings (SSSR count). The van der Waals surface area contributed by atoms with Crippen molar-refractivity contribution in [2.75, 3.05) is 19.6 Å². The van der Waals surface area contributed by atoms with Gasteiger partial charge < -0.3 is 4.90 Å². The van der Waals surface area contributed by atoms with E-state index in [0.717, 1.165) is 60.1 Å². The Bertz CT molecular complexity index is 1570. The van der Waals surface area contributed by atoms with Gasteiger partial charge in [0, 0.05) is 70.5 Å². The Labute approximate surface area is 219 Å². The molecule has 0 amide bonds. The third-order valence-electron chi connectivity index (χ3n) is 7.15. The highest BCUT2D eigenvalue weighted by Crippen LogP contribution is 2.34. The van der Waals surface area contributed by atoms with E-state index in [4.69, 9.17) is 11.6 Å². The first-order valence-corrected chi connectivity index (χ1v) is 12.9. The topological polar surface area (TPSA) is 59.7 Å². The highest BCUT2D eigenvalue weighted by Gasteiger charge is 2.21. The molecule has 0 atom stereocenters. The second-order valence-electron chi connectivity index (χ2n) is 9.39. The van der Waals surface area contributed by atoms with E-state index in [1.807, 2.05) is 36.8 Å². The van der Waals surface area contributed by atoms with Gasteiger partial charge in [-0.25, -0.2) is 14.4 Å². The highest BCUT2D eigenvalue weighted by molar-refractivity contribution is 6.30. The summed E-state index contributed by atoms with van der Waals surface area (Å²) in [7, 11) is 0. The standard InChI is InChI=1S/C29H26ClFN6/c1-2-36-10-7-23(8-11-36)37-18-21(17-34-37)19-12-20(16-32-15-19)25-14-28(26-13-22(30)5-6-27(26)31)35-29-24(25)4-3-9-33-29/h3-6,9,12-18,23H,2,7-8,10-11H2,1H3. The van der Waals surface area contributed by atoms with Crippen LogP contribution in [0.4, 0.5) is 4.39 Å². The lowest BCUT2D eigenvalue weighted by Crippen LogP contribution is -2.34. The summed E-state index contributed by atoms with van der Waals surface area (Å²) < 4.78 is 16.8. The number of rotatable bonds is 5. The van der Waals surface area contributed by atoms with E-state index < -0.39 is 0 Å². The first-order valence-electron chi connectivity index (χ1n) is 12.5. The molecule has 1 saturated heterocycles. The first kappa shape index (κ1) is 23.7. The molecule has 0 unspecified atom stereocenters. The molecule has 186 valence electrons. The maximum Gasteiger partial charge on any atom is 0.160 e.